The molecule has 2 aromatic rings. The van der Waals surface area contributed by atoms with Crippen molar-refractivity contribution in [3.8, 4) is 0 Å². The number of amides is 1. The number of aliphatic hydroxyl groups is 1. The number of carbonyl (C=O) groups excluding carboxylic acids is 1. The SMILES string of the molecule is Cn1cnnc1CC1(O)CCCN(C(=O)Cc2ccco2)C1. The normalized spacial score (nSPS) is 22.0. The quantitative estimate of drug-likeness (QED) is 0.891. The Kier molecular flexibility index (Phi) is 3.98. The lowest BCUT2D eigenvalue weighted by molar-refractivity contribution is -0.137. The van der Waals surface area contributed by atoms with Gasteiger partial charge in [-0.2, -0.15) is 0 Å². The minimum absolute atomic E-state index is 0.0222. The zero-order valence-corrected chi connectivity index (χ0v) is 12.6. The van der Waals surface area contributed by atoms with E-state index in [1.54, 1.807) is 34.2 Å². The summed E-state index contributed by atoms with van der Waals surface area (Å²) < 4.78 is 7.01. The fraction of sp³-hybridized carbons (Fsp3) is 0.533. The molecule has 0 saturated carbocycles. The third kappa shape index (κ3) is 3.19. The molecule has 0 bridgehead atoms. The topological polar surface area (TPSA) is 84.4 Å². The fourth-order valence-electron chi connectivity index (χ4n) is 2.91. The van der Waals surface area contributed by atoms with Gasteiger partial charge >= 0.3 is 0 Å². The van der Waals surface area contributed by atoms with Gasteiger partial charge in [-0.05, 0) is 25.0 Å². The van der Waals surface area contributed by atoms with Crippen LogP contribution in [0.2, 0.25) is 0 Å². The summed E-state index contributed by atoms with van der Waals surface area (Å²) in [5.41, 5.74) is -0.947. The lowest BCUT2D eigenvalue weighted by atomic mass is 9.89. The number of nitrogens with zero attached hydrogens (tertiary/aromatic N) is 4. The Morgan fingerprint density at radius 2 is 2.41 bits per heavy atom. The van der Waals surface area contributed by atoms with Crippen molar-refractivity contribution in [2.75, 3.05) is 13.1 Å². The second-order valence-corrected chi connectivity index (χ2v) is 5.93. The highest BCUT2D eigenvalue weighted by atomic mass is 16.3. The Balaban J connectivity index is 1.65. The van der Waals surface area contributed by atoms with E-state index in [4.69, 9.17) is 4.42 Å². The van der Waals surface area contributed by atoms with Crippen molar-refractivity contribution in [2.24, 2.45) is 7.05 Å². The highest BCUT2D eigenvalue weighted by Gasteiger charge is 2.36. The molecule has 22 heavy (non-hydrogen) atoms. The minimum Gasteiger partial charge on any atom is -0.469 e. The molecule has 0 aromatic carbocycles. The van der Waals surface area contributed by atoms with Gasteiger partial charge in [0.2, 0.25) is 5.91 Å². The molecule has 3 heterocycles. The van der Waals surface area contributed by atoms with Crippen molar-refractivity contribution in [1.82, 2.24) is 19.7 Å². The smallest absolute Gasteiger partial charge is 0.230 e. The Morgan fingerprint density at radius 3 is 3.09 bits per heavy atom. The van der Waals surface area contributed by atoms with E-state index in [2.05, 4.69) is 10.2 Å². The second kappa shape index (κ2) is 5.92. The van der Waals surface area contributed by atoms with Crippen molar-refractivity contribution in [3.63, 3.8) is 0 Å². The Morgan fingerprint density at radius 1 is 1.55 bits per heavy atom. The van der Waals surface area contributed by atoms with Crippen LogP contribution in [0.15, 0.2) is 29.1 Å². The lowest BCUT2D eigenvalue weighted by Crippen LogP contribution is -2.52. The number of β-amino-alcohol motifs (C(OH)–C–C–N with tert-alkyl or cyclic N) is 1. The van der Waals surface area contributed by atoms with E-state index < -0.39 is 5.60 Å². The molecule has 3 rings (SSSR count). The van der Waals surface area contributed by atoms with E-state index in [1.807, 2.05) is 7.05 Å². The van der Waals surface area contributed by atoms with Crippen LogP contribution in [0, 0.1) is 0 Å². The van der Waals surface area contributed by atoms with E-state index in [9.17, 15) is 9.90 Å². The second-order valence-electron chi connectivity index (χ2n) is 5.93. The van der Waals surface area contributed by atoms with Crippen LogP contribution in [0.25, 0.3) is 0 Å². The van der Waals surface area contributed by atoms with E-state index in [0.29, 0.717) is 31.7 Å². The molecule has 2 aromatic heterocycles. The average Bonchev–Trinajstić information content (AvgIpc) is 3.11. The molecule has 7 heteroatoms. The molecular weight excluding hydrogens is 284 g/mol. The van der Waals surface area contributed by atoms with Crippen LogP contribution in [0.3, 0.4) is 0 Å². The van der Waals surface area contributed by atoms with Crippen molar-refractivity contribution >= 4 is 5.91 Å². The molecule has 1 unspecified atom stereocenters. The fourth-order valence-corrected chi connectivity index (χ4v) is 2.91. The Labute approximate surface area is 128 Å². The molecule has 1 amide bonds. The molecule has 1 aliphatic heterocycles. The first-order valence-corrected chi connectivity index (χ1v) is 7.41. The van der Waals surface area contributed by atoms with E-state index in [0.717, 1.165) is 12.2 Å². The zero-order valence-electron chi connectivity index (χ0n) is 12.6. The minimum atomic E-state index is -0.947. The van der Waals surface area contributed by atoms with Crippen LogP contribution in [0.1, 0.15) is 24.4 Å². The van der Waals surface area contributed by atoms with Crippen LogP contribution in [0.4, 0.5) is 0 Å². The number of rotatable bonds is 4. The van der Waals surface area contributed by atoms with Gasteiger partial charge in [0, 0.05) is 26.6 Å². The first-order valence-electron chi connectivity index (χ1n) is 7.41. The van der Waals surface area contributed by atoms with E-state index in [-0.39, 0.29) is 12.3 Å². The van der Waals surface area contributed by atoms with Crippen molar-refractivity contribution in [2.45, 2.75) is 31.3 Å². The predicted octanol–water partition coefficient (Wildman–Crippen LogP) is 0.547. The number of likely N-dealkylation sites (tertiary alicyclic amines) is 1. The summed E-state index contributed by atoms with van der Waals surface area (Å²) in [6.45, 7) is 0.986. The van der Waals surface area contributed by atoms with Gasteiger partial charge in [0.25, 0.3) is 0 Å². The molecule has 0 aliphatic carbocycles. The molecule has 1 saturated heterocycles. The molecule has 0 spiro atoms. The summed E-state index contributed by atoms with van der Waals surface area (Å²) in [6, 6.07) is 3.55. The first kappa shape index (κ1) is 14.8. The van der Waals surface area contributed by atoms with Crippen molar-refractivity contribution in [1.29, 1.82) is 0 Å². The van der Waals surface area contributed by atoms with Gasteiger partial charge in [0.05, 0.1) is 18.3 Å². The molecular formula is C15H20N4O3. The maximum Gasteiger partial charge on any atom is 0.230 e. The summed E-state index contributed by atoms with van der Waals surface area (Å²) in [7, 11) is 1.85. The molecule has 0 radical (unpaired) electrons. The van der Waals surface area contributed by atoms with Crippen LogP contribution in [-0.2, 0) is 24.7 Å². The first-order chi connectivity index (χ1) is 10.6. The van der Waals surface area contributed by atoms with Crippen LogP contribution in [0.5, 0.6) is 0 Å². The molecule has 118 valence electrons. The summed E-state index contributed by atoms with van der Waals surface area (Å²) in [5.74, 6) is 1.35. The summed E-state index contributed by atoms with van der Waals surface area (Å²) in [6.07, 6.45) is 5.23. The molecule has 1 N–H and O–H groups in total. The van der Waals surface area contributed by atoms with Gasteiger partial charge < -0.3 is 19.0 Å². The standard InChI is InChI=1S/C15H20N4O3/c1-18-11-16-17-13(18)9-15(21)5-3-6-19(10-15)14(20)8-12-4-2-7-22-12/h2,4,7,11,21H,3,5-6,8-10H2,1H3. The number of aromatic nitrogens is 3. The summed E-state index contributed by atoms with van der Waals surface area (Å²) in [5, 5.41) is 18.7. The van der Waals surface area contributed by atoms with Crippen LogP contribution < -0.4 is 0 Å². The van der Waals surface area contributed by atoms with Crippen molar-refractivity contribution in [3.05, 3.63) is 36.3 Å². The highest BCUT2D eigenvalue weighted by molar-refractivity contribution is 5.78. The summed E-state index contributed by atoms with van der Waals surface area (Å²) in [4.78, 5) is 14.1. The monoisotopic (exact) mass is 304 g/mol. The number of hydrogen-bond donors (Lipinski definition) is 1. The van der Waals surface area contributed by atoms with Crippen LogP contribution >= 0.6 is 0 Å². The number of aryl methyl sites for hydroxylation is 1. The van der Waals surface area contributed by atoms with Gasteiger partial charge in [-0.1, -0.05) is 0 Å². The number of hydrogen-bond acceptors (Lipinski definition) is 5. The maximum absolute atomic E-state index is 12.3. The largest absolute Gasteiger partial charge is 0.469 e. The third-order valence-corrected chi connectivity index (χ3v) is 4.11. The van der Waals surface area contributed by atoms with Crippen LogP contribution in [-0.4, -0.2) is 49.4 Å². The van der Waals surface area contributed by atoms with Crippen molar-refractivity contribution < 1.29 is 14.3 Å². The molecule has 1 atom stereocenters. The lowest BCUT2D eigenvalue weighted by Gasteiger charge is -2.39. The Bertz CT molecular complexity index is 637. The molecule has 7 nitrogen and oxygen atoms in total. The van der Waals surface area contributed by atoms with Gasteiger partial charge in [0.15, 0.2) is 0 Å². The number of carbonyl (C=O) groups is 1. The van der Waals surface area contributed by atoms with E-state index in [1.165, 1.54) is 0 Å². The van der Waals surface area contributed by atoms with Gasteiger partial charge in [-0.15, -0.1) is 10.2 Å². The number of piperidine rings is 1. The third-order valence-electron chi connectivity index (χ3n) is 4.11. The van der Waals surface area contributed by atoms with E-state index >= 15 is 0 Å². The van der Waals surface area contributed by atoms with Gasteiger partial charge in [-0.25, -0.2) is 0 Å². The van der Waals surface area contributed by atoms with Gasteiger partial charge in [-0.3, -0.25) is 4.79 Å². The average molecular weight is 304 g/mol. The van der Waals surface area contributed by atoms with Gasteiger partial charge in [0.1, 0.15) is 17.9 Å². The summed E-state index contributed by atoms with van der Waals surface area (Å²) >= 11 is 0. The number of furan rings is 1. The highest BCUT2D eigenvalue weighted by Crippen LogP contribution is 2.25. The zero-order chi connectivity index (χ0) is 15.6. The maximum atomic E-state index is 12.3. The molecule has 1 aliphatic rings. The molecule has 1 fully saturated rings. The predicted molar refractivity (Wildman–Crippen MR) is 77.9 cm³/mol. The Hall–Kier alpha value is -2.15.